The first-order valence-corrected chi connectivity index (χ1v) is 6.62. The molecule has 1 atom stereocenters. The molecule has 0 saturated heterocycles. The van der Waals surface area contributed by atoms with Crippen LogP contribution in [0, 0.1) is 22.7 Å². The zero-order chi connectivity index (χ0) is 13.7. The summed E-state index contributed by atoms with van der Waals surface area (Å²) in [6.45, 7) is 2.13. The molecule has 0 spiro atoms. The van der Waals surface area contributed by atoms with E-state index >= 15 is 0 Å². The van der Waals surface area contributed by atoms with Gasteiger partial charge in [0, 0.05) is 0 Å². The Morgan fingerprint density at radius 1 is 1.16 bits per heavy atom. The van der Waals surface area contributed by atoms with Crippen LogP contribution >= 0.6 is 0 Å². The van der Waals surface area contributed by atoms with Gasteiger partial charge in [-0.05, 0) is 34.9 Å². The van der Waals surface area contributed by atoms with Gasteiger partial charge in [-0.1, -0.05) is 44.0 Å². The second-order valence-corrected chi connectivity index (χ2v) is 4.72. The number of nitriles is 2. The Bertz CT molecular complexity index is 659. The average Bonchev–Trinajstić information content (AvgIpc) is 2.47. The summed E-state index contributed by atoms with van der Waals surface area (Å²) in [6.07, 6.45) is 3.02. The van der Waals surface area contributed by atoms with Gasteiger partial charge in [-0.25, -0.2) is 0 Å². The molecule has 0 fully saturated rings. The molecule has 0 bridgehead atoms. The Kier molecular flexibility index (Phi) is 4.16. The molecule has 2 heteroatoms. The highest BCUT2D eigenvalue weighted by Gasteiger charge is 2.13. The van der Waals surface area contributed by atoms with Crippen LogP contribution in [0.1, 0.15) is 43.2 Å². The van der Waals surface area contributed by atoms with Crippen LogP contribution in [-0.2, 0) is 0 Å². The first kappa shape index (κ1) is 13.1. The molecule has 2 aromatic carbocycles. The molecule has 0 aromatic heterocycles. The Labute approximate surface area is 113 Å². The van der Waals surface area contributed by atoms with Gasteiger partial charge in [-0.3, -0.25) is 0 Å². The summed E-state index contributed by atoms with van der Waals surface area (Å²) in [7, 11) is 0. The number of fused-ring (bicyclic) bond motifs is 1. The zero-order valence-electron chi connectivity index (χ0n) is 11.1. The summed E-state index contributed by atoms with van der Waals surface area (Å²) >= 11 is 0. The quantitative estimate of drug-likeness (QED) is 0.799. The monoisotopic (exact) mass is 248 g/mol. The van der Waals surface area contributed by atoms with Crippen molar-refractivity contribution in [1.82, 2.24) is 0 Å². The minimum absolute atomic E-state index is 0.0856. The van der Waals surface area contributed by atoms with Crippen LogP contribution in [0.15, 0.2) is 36.4 Å². The third kappa shape index (κ3) is 2.75. The summed E-state index contributed by atoms with van der Waals surface area (Å²) < 4.78 is 0. The summed E-state index contributed by atoms with van der Waals surface area (Å²) in [4.78, 5) is 0. The van der Waals surface area contributed by atoms with E-state index in [0.29, 0.717) is 5.56 Å². The first-order chi connectivity index (χ1) is 9.30. The van der Waals surface area contributed by atoms with Gasteiger partial charge in [0.05, 0.1) is 23.6 Å². The molecule has 0 aliphatic heterocycles. The summed E-state index contributed by atoms with van der Waals surface area (Å²) in [6, 6.07) is 16.2. The molecule has 0 aliphatic rings. The third-order valence-electron chi connectivity index (χ3n) is 3.42. The van der Waals surface area contributed by atoms with Gasteiger partial charge >= 0.3 is 0 Å². The van der Waals surface area contributed by atoms with Crippen molar-refractivity contribution in [3.8, 4) is 12.1 Å². The second kappa shape index (κ2) is 6.03. The summed E-state index contributed by atoms with van der Waals surface area (Å²) in [5.41, 5.74) is 1.69. The van der Waals surface area contributed by atoms with Crippen molar-refractivity contribution in [1.29, 1.82) is 10.5 Å². The van der Waals surface area contributed by atoms with Gasteiger partial charge in [0.1, 0.15) is 0 Å². The fourth-order valence-corrected chi connectivity index (χ4v) is 2.37. The maximum absolute atomic E-state index is 9.38. The highest BCUT2D eigenvalue weighted by Crippen LogP contribution is 2.29. The van der Waals surface area contributed by atoms with Crippen molar-refractivity contribution < 1.29 is 0 Å². The van der Waals surface area contributed by atoms with Crippen molar-refractivity contribution in [2.75, 3.05) is 0 Å². The Hall–Kier alpha value is -2.32. The molecular formula is C17H16N2. The van der Waals surface area contributed by atoms with E-state index in [2.05, 4.69) is 19.1 Å². The number of benzene rings is 2. The molecule has 0 N–H and O–H groups in total. The van der Waals surface area contributed by atoms with Gasteiger partial charge in [-0.2, -0.15) is 10.5 Å². The number of hydrogen-bond acceptors (Lipinski definition) is 2. The van der Waals surface area contributed by atoms with Crippen LogP contribution in [0.2, 0.25) is 0 Å². The molecule has 2 rings (SSSR count). The van der Waals surface area contributed by atoms with Gasteiger partial charge < -0.3 is 0 Å². The average molecular weight is 248 g/mol. The highest BCUT2D eigenvalue weighted by atomic mass is 14.3. The molecular weight excluding hydrogens is 232 g/mol. The fourth-order valence-electron chi connectivity index (χ4n) is 2.37. The lowest BCUT2D eigenvalue weighted by molar-refractivity contribution is 0.674. The number of rotatable bonds is 4. The largest absolute Gasteiger partial charge is 0.198 e. The number of unbranched alkanes of at least 4 members (excludes halogenated alkanes) is 1. The van der Waals surface area contributed by atoms with E-state index in [1.54, 1.807) is 0 Å². The van der Waals surface area contributed by atoms with E-state index in [-0.39, 0.29) is 5.92 Å². The van der Waals surface area contributed by atoms with E-state index in [9.17, 15) is 5.26 Å². The zero-order valence-corrected chi connectivity index (χ0v) is 11.1. The second-order valence-electron chi connectivity index (χ2n) is 4.72. The van der Waals surface area contributed by atoms with E-state index in [1.165, 1.54) is 0 Å². The van der Waals surface area contributed by atoms with E-state index in [0.717, 1.165) is 35.6 Å². The van der Waals surface area contributed by atoms with E-state index in [4.69, 9.17) is 5.26 Å². The molecule has 19 heavy (non-hydrogen) atoms. The fraction of sp³-hybridized carbons (Fsp3) is 0.294. The molecule has 0 aliphatic carbocycles. The molecule has 0 heterocycles. The van der Waals surface area contributed by atoms with Crippen molar-refractivity contribution in [2.45, 2.75) is 32.1 Å². The highest BCUT2D eigenvalue weighted by molar-refractivity contribution is 5.87. The van der Waals surface area contributed by atoms with Crippen LogP contribution in [0.5, 0.6) is 0 Å². The lowest BCUT2D eigenvalue weighted by Gasteiger charge is -2.12. The van der Waals surface area contributed by atoms with Crippen molar-refractivity contribution >= 4 is 10.8 Å². The first-order valence-electron chi connectivity index (χ1n) is 6.62. The molecule has 2 nitrogen and oxygen atoms in total. The standard InChI is InChI=1S/C17H16N2/c1-2-3-5-15(12-19)16-7-4-6-14-9-8-13(11-18)10-17(14)16/h4,6-10,15H,2-3,5H2,1H3. The summed E-state index contributed by atoms with van der Waals surface area (Å²) in [5.74, 6) is -0.0856. The maximum atomic E-state index is 9.38. The third-order valence-corrected chi connectivity index (χ3v) is 3.42. The summed E-state index contributed by atoms with van der Waals surface area (Å²) in [5, 5.41) is 20.5. The van der Waals surface area contributed by atoms with Crippen molar-refractivity contribution in [2.24, 2.45) is 0 Å². The minimum atomic E-state index is -0.0856. The van der Waals surface area contributed by atoms with Crippen LogP contribution in [0.4, 0.5) is 0 Å². The Morgan fingerprint density at radius 2 is 2.00 bits per heavy atom. The molecule has 0 radical (unpaired) electrons. The van der Waals surface area contributed by atoms with Crippen LogP contribution in [0.3, 0.4) is 0 Å². The van der Waals surface area contributed by atoms with Crippen LogP contribution in [-0.4, -0.2) is 0 Å². The van der Waals surface area contributed by atoms with Crippen molar-refractivity contribution in [3.05, 3.63) is 47.5 Å². The molecule has 94 valence electrons. The van der Waals surface area contributed by atoms with Gasteiger partial charge in [0.25, 0.3) is 0 Å². The minimum Gasteiger partial charge on any atom is -0.198 e. The molecule has 1 unspecified atom stereocenters. The maximum Gasteiger partial charge on any atom is 0.0991 e. The molecule has 2 aromatic rings. The van der Waals surface area contributed by atoms with E-state index in [1.807, 2.05) is 36.4 Å². The topological polar surface area (TPSA) is 47.6 Å². The molecule has 0 amide bonds. The lowest BCUT2D eigenvalue weighted by Crippen LogP contribution is -1.97. The van der Waals surface area contributed by atoms with Gasteiger partial charge in [0.15, 0.2) is 0 Å². The SMILES string of the molecule is CCCCC(C#N)c1cccc2ccc(C#N)cc12. The smallest absolute Gasteiger partial charge is 0.0991 e. The van der Waals surface area contributed by atoms with E-state index < -0.39 is 0 Å². The Morgan fingerprint density at radius 3 is 2.68 bits per heavy atom. The van der Waals surface area contributed by atoms with Crippen LogP contribution < -0.4 is 0 Å². The Balaban J connectivity index is 2.53. The predicted octanol–water partition coefficient (Wildman–Crippen LogP) is 4.51. The normalized spacial score (nSPS) is 11.7. The van der Waals surface area contributed by atoms with Crippen molar-refractivity contribution in [3.63, 3.8) is 0 Å². The van der Waals surface area contributed by atoms with Gasteiger partial charge in [0.2, 0.25) is 0 Å². The lowest BCUT2D eigenvalue weighted by atomic mass is 9.90. The number of nitrogens with zero attached hydrogens (tertiary/aromatic N) is 2. The number of hydrogen-bond donors (Lipinski definition) is 0. The van der Waals surface area contributed by atoms with Gasteiger partial charge in [-0.15, -0.1) is 0 Å². The van der Waals surface area contributed by atoms with Crippen LogP contribution in [0.25, 0.3) is 10.8 Å². The predicted molar refractivity (Wildman–Crippen MR) is 76.5 cm³/mol. The molecule has 0 saturated carbocycles.